The van der Waals surface area contributed by atoms with Gasteiger partial charge in [-0.3, -0.25) is 14.4 Å². The van der Waals surface area contributed by atoms with Gasteiger partial charge in [0.1, 0.15) is 11.4 Å². The Bertz CT molecular complexity index is 1570. The molecule has 0 saturated carbocycles. The van der Waals surface area contributed by atoms with Crippen molar-refractivity contribution < 1.29 is 19.1 Å². The standard InChI is InChI=1S/C33H31N3O4S/c1-22-12-17-29(23(2)18-22)35-31(37)21-41-28-15-13-26(14-16-28)34-33(39)30(20-24-8-7-11-27(19-24)40-3)36-32(38)25-9-5-4-6-10-25/h4-20H,21H2,1-3H3,(H,34,39)(H,35,37)(H,36,38)/b30-20-. The van der Waals surface area contributed by atoms with Crippen molar-refractivity contribution in [1.82, 2.24) is 5.32 Å². The number of carbonyl (C=O) groups excluding carboxylic acids is 3. The average Bonchev–Trinajstić information content (AvgIpc) is 2.98. The Balaban J connectivity index is 1.41. The van der Waals surface area contributed by atoms with Gasteiger partial charge in [-0.15, -0.1) is 11.8 Å². The Morgan fingerprint density at radius 3 is 2.29 bits per heavy atom. The van der Waals surface area contributed by atoms with Crippen molar-refractivity contribution in [3.8, 4) is 5.75 Å². The van der Waals surface area contributed by atoms with Crippen molar-refractivity contribution in [2.24, 2.45) is 0 Å². The molecule has 0 spiro atoms. The molecule has 3 amide bonds. The fourth-order valence-corrected chi connectivity index (χ4v) is 4.66. The Kier molecular flexibility index (Phi) is 9.96. The van der Waals surface area contributed by atoms with Crippen LogP contribution >= 0.6 is 11.8 Å². The van der Waals surface area contributed by atoms with E-state index in [1.165, 1.54) is 11.8 Å². The smallest absolute Gasteiger partial charge is 0.272 e. The number of methoxy groups -OCH3 is 1. The molecule has 41 heavy (non-hydrogen) atoms. The van der Waals surface area contributed by atoms with Crippen LogP contribution < -0.4 is 20.7 Å². The number of aryl methyl sites for hydroxylation is 2. The first-order valence-corrected chi connectivity index (χ1v) is 13.9. The predicted molar refractivity (Wildman–Crippen MR) is 165 cm³/mol. The lowest BCUT2D eigenvalue weighted by Crippen LogP contribution is -2.30. The summed E-state index contributed by atoms with van der Waals surface area (Å²) in [6, 6.07) is 28.9. The Morgan fingerprint density at radius 2 is 1.59 bits per heavy atom. The van der Waals surface area contributed by atoms with Crippen molar-refractivity contribution in [2.75, 3.05) is 23.5 Å². The molecular weight excluding hydrogens is 534 g/mol. The van der Waals surface area contributed by atoms with E-state index in [1.54, 1.807) is 67.8 Å². The van der Waals surface area contributed by atoms with Gasteiger partial charge in [0.05, 0.1) is 12.9 Å². The molecule has 0 aliphatic carbocycles. The van der Waals surface area contributed by atoms with Gasteiger partial charge in [-0.2, -0.15) is 0 Å². The topological polar surface area (TPSA) is 96.5 Å². The third-order valence-electron chi connectivity index (χ3n) is 6.07. The first-order valence-electron chi connectivity index (χ1n) is 12.9. The molecule has 4 aromatic carbocycles. The highest BCUT2D eigenvalue weighted by atomic mass is 32.2. The molecule has 0 aliphatic rings. The molecule has 0 aliphatic heterocycles. The molecule has 4 aromatic rings. The number of hydrogen-bond donors (Lipinski definition) is 3. The molecule has 0 fully saturated rings. The molecule has 0 aromatic heterocycles. The zero-order valence-corrected chi connectivity index (χ0v) is 23.9. The molecule has 0 bridgehead atoms. The van der Waals surface area contributed by atoms with Crippen LogP contribution in [0.1, 0.15) is 27.0 Å². The van der Waals surface area contributed by atoms with Gasteiger partial charge in [0.25, 0.3) is 11.8 Å². The van der Waals surface area contributed by atoms with Gasteiger partial charge in [-0.1, -0.05) is 48.0 Å². The van der Waals surface area contributed by atoms with Crippen LogP contribution in [0, 0.1) is 13.8 Å². The van der Waals surface area contributed by atoms with Crippen molar-refractivity contribution in [3.63, 3.8) is 0 Å². The minimum Gasteiger partial charge on any atom is -0.497 e. The molecule has 0 atom stereocenters. The van der Waals surface area contributed by atoms with E-state index in [2.05, 4.69) is 16.0 Å². The summed E-state index contributed by atoms with van der Waals surface area (Å²) in [6.45, 7) is 3.98. The summed E-state index contributed by atoms with van der Waals surface area (Å²) >= 11 is 1.40. The highest BCUT2D eigenvalue weighted by Gasteiger charge is 2.15. The second-order valence-corrected chi connectivity index (χ2v) is 10.3. The normalized spacial score (nSPS) is 11.0. The average molecular weight is 566 g/mol. The van der Waals surface area contributed by atoms with Crippen LogP contribution in [0.3, 0.4) is 0 Å². The number of nitrogens with one attached hydrogen (secondary N) is 3. The van der Waals surface area contributed by atoms with E-state index in [1.807, 2.05) is 56.3 Å². The molecule has 0 unspecified atom stereocenters. The Morgan fingerprint density at radius 1 is 0.829 bits per heavy atom. The largest absolute Gasteiger partial charge is 0.497 e. The lowest BCUT2D eigenvalue weighted by Gasteiger charge is -2.12. The number of thioether (sulfide) groups is 1. The first kappa shape index (κ1) is 29.2. The summed E-state index contributed by atoms with van der Waals surface area (Å²) in [7, 11) is 1.56. The number of carbonyl (C=O) groups is 3. The van der Waals surface area contributed by atoms with Gasteiger partial charge in [-0.05, 0) is 85.6 Å². The molecular formula is C33H31N3O4S. The summed E-state index contributed by atoms with van der Waals surface area (Å²) in [4.78, 5) is 39.5. The van der Waals surface area contributed by atoms with Crippen molar-refractivity contribution in [3.05, 3.63) is 125 Å². The zero-order valence-electron chi connectivity index (χ0n) is 23.1. The number of amides is 3. The predicted octanol–water partition coefficient (Wildman–Crippen LogP) is 6.45. The summed E-state index contributed by atoms with van der Waals surface area (Å²) in [5, 5.41) is 8.52. The van der Waals surface area contributed by atoms with Crippen molar-refractivity contribution in [2.45, 2.75) is 18.7 Å². The molecule has 0 radical (unpaired) electrons. The lowest BCUT2D eigenvalue weighted by molar-refractivity contribution is -0.114. The zero-order chi connectivity index (χ0) is 29.2. The Labute approximate surface area is 244 Å². The lowest BCUT2D eigenvalue weighted by atomic mass is 10.1. The minimum absolute atomic E-state index is 0.0774. The highest BCUT2D eigenvalue weighted by Crippen LogP contribution is 2.22. The van der Waals surface area contributed by atoms with Gasteiger partial charge in [0.15, 0.2) is 0 Å². The van der Waals surface area contributed by atoms with Crippen LogP contribution in [0.4, 0.5) is 11.4 Å². The van der Waals surface area contributed by atoms with Gasteiger partial charge in [-0.25, -0.2) is 0 Å². The quantitative estimate of drug-likeness (QED) is 0.152. The molecule has 4 rings (SSSR count). The fourth-order valence-electron chi connectivity index (χ4n) is 3.96. The van der Waals surface area contributed by atoms with E-state index in [9.17, 15) is 14.4 Å². The second kappa shape index (κ2) is 14.0. The van der Waals surface area contributed by atoms with Gasteiger partial charge in [0.2, 0.25) is 5.91 Å². The van der Waals surface area contributed by atoms with Crippen LogP contribution in [0.5, 0.6) is 5.75 Å². The number of ether oxygens (including phenoxy) is 1. The number of rotatable bonds is 10. The van der Waals surface area contributed by atoms with E-state index in [0.29, 0.717) is 22.6 Å². The number of benzene rings is 4. The first-order chi connectivity index (χ1) is 19.8. The summed E-state index contributed by atoms with van der Waals surface area (Å²) < 4.78 is 5.28. The highest BCUT2D eigenvalue weighted by molar-refractivity contribution is 8.00. The van der Waals surface area contributed by atoms with E-state index >= 15 is 0 Å². The van der Waals surface area contributed by atoms with Crippen molar-refractivity contribution >= 4 is 46.9 Å². The fraction of sp³-hybridized carbons (Fsp3) is 0.121. The summed E-state index contributed by atoms with van der Waals surface area (Å²) in [6.07, 6.45) is 1.59. The monoisotopic (exact) mass is 565 g/mol. The van der Waals surface area contributed by atoms with Crippen LogP contribution in [-0.2, 0) is 9.59 Å². The maximum atomic E-state index is 13.3. The maximum Gasteiger partial charge on any atom is 0.272 e. The molecule has 0 saturated heterocycles. The molecule has 8 heteroatoms. The third kappa shape index (κ3) is 8.58. The minimum atomic E-state index is -0.481. The second-order valence-electron chi connectivity index (χ2n) is 9.29. The number of hydrogen-bond acceptors (Lipinski definition) is 5. The van der Waals surface area contributed by atoms with Crippen LogP contribution in [0.15, 0.2) is 108 Å². The van der Waals surface area contributed by atoms with Gasteiger partial charge in [0, 0.05) is 21.8 Å². The third-order valence-corrected chi connectivity index (χ3v) is 7.08. The van der Waals surface area contributed by atoms with E-state index in [4.69, 9.17) is 4.74 Å². The van der Waals surface area contributed by atoms with E-state index in [0.717, 1.165) is 21.7 Å². The number of anilines is 2. The maximum absolute atomic E-state index is 13.3. The van der Waals surface area contributed by atoms with Gasteiger partial charge >= 0.3 is 0 Å². The molecule has 208 valence electrons. The summed E-state index contributed by atoms with van der Waals surface area (Å²) in [5.74, 6) is -0.103. The van der Waals surface area contributed by atoms with Crippen molar-refractivity contribution in [1.29, 1.82) is 0 Å². The SMILES string of the molecule is COc1cccc(/C=C(\NC(=O)c2ccccc2)C(=O)Nc2ccc(SCC(=O)Nc3ccc(C)cc3C)cc2)c1. The van der Waals surface area contributed by atoms with Crippen LogP contribution in [0.25, 0.3) is 6.08 Å². The van der Waals surface area contributed by atoms with E-state index in [-0.39, 0.29) is 17.4 Å². The molecule has 0 heterocycles. The van der Waals surface area contributed by atoms with Gasteiger partial charge < -0.3 is 20.7 Å². The summed E-state index contributed by atoms with van der Waals surface area (Å²) in [5.41, 5.74) is 4.70. The van der Waals surface area contributed by atoms with Crippen LogP contribution in [0.2, 0.25) is 0 Å². The van der Waals surface area contributed by atoms with E-state index < -0.39 is 11.8 Å². The molecule has 3 N–H and O–H groups in total. The Hall–Kier alpha value is -4.82. The molecule has 7 nitrogen and oxygen atoms in total. The van der Waals surface area contributed by atoms with Crippen LogP contribution in [-0.4, -0.2) is 30.6 Å².